The lowest BCUT2D eigenvalue weighted by Crippen LogP contribution is -2.12. The monoisotopic (exact) mass is 454 g/mol. The summed E-state index contributed by atoms with van der Waals surface area (Å²) < 4.78 is 6.66. The number of anilines is 1. The number of nitrogens with zero attached hydrogens (tertiary/aromatic N) is 1. The molecule has 6 heteroatoms. The zero-order chi connectivity index (χ0) is 19.8. The Morgan fingerprint density at radius 1 is 1.04 bits per heavy atom. The van der Waals surface area contributed by atoms with Gasteiger partial charge in [-0.2, -0.15) is 0 Å². The topological polar surface area (TPSA) is 55.1 Å². The number of carbonyl (C=O) groups is 1. The fourth-order valence-corrected chi connectivity index (χ4v) is 3.44. The van der Waals surface area contributed by atoms with Crippen LogP contribution in [-0.2, 0) is 0 Å². The number of fused-ring (bicyclic) bond motifs is 1. The second kappa shape index (κ2) is 7.41. The number of carbonyl (C=O) groups excluding carboxylic acids is 1. The first-order valence-electron chi connectivity index (χ1n) is 8.65. The zero-order valence-corrected chi connectivity index (χ0v) is 17.6. The third kappa shape index (κ3) is 3.68. The molecule has 3 aromatic carbocycles. The molecule has 4 nitrogen and oxygen atoms in total. The van der Waals surface area contributed by atoms with Crippen LogP contribution in [0.5, 0.6) is 0 Å². The highest BCUT2D eigenvalue weighted by Gasteiger charge is 2.13. The minimum absolute atomic E-state index is 0.288. The zero-order valence-electron chi connectivity index (χ0n) is 15.2. The highest BCUT2D eigenvalue weighted by atomic mass is 79.9. The van der Waals surface area contributed by atoms with Crippen LogP contribution in [0.2, 0.25) is 5.02 Å². The van der Waals surface area contributed by atoms with Crippen LogP contribution in [-0.4, -0.2) is 10.9 Å². The van der Waals surface area contributed by atoms with Gasteiger partial charge in [0.15, 0.2) is 5.58 Å². The summed E-state index contributed by atoms with van der Waals surface area (Å²) in [5, 5.41) is 3.25. The molecule has 140 valence electrons. The van der Waals surface area contributed by atoms with Crippen molar-refractivity contribution in [1.29, 1.82) is 0 Å². The summed E-state index contributed by atoms with van der Waals surface area (Å²) in [6.45, 7) is 4.12. The highest BCUT2D eigenvalue weighted by molar-refractivity contribution is 9.10. The Balaban J connectivity index is 1.63. The van der Waals surface area contributed by atoms with Gasteiger partial charge in [-0.1, -0.05) is 33.6 Å². The predicted octanol–water partition coefficient (Wildman–Crippen LogP) is 6.78. The second-order valence-corrected chi connectivity index (χ2v) is 7.90. The molecule has 0 spiro atoms. The standard InChI is InChI=1S/C22H16BrClN2O2/c1-12-3-4-14(9-13(12)2)22-26-19-11-16(6-8-20(19)28-22)25-21(27)17-10-15(23)5-7-18(17)24/h3-11H,1-2H3,(H,25,27). The van der Waals surface area contributed by atoms with E-state index in [9.17, 15) is 4.79 Å². The van der Waals surface area contributed by atoms with Crippen LogP contribution in [0.3, 0.4) is 0 Å². The van der Waals surface area contributed by atoms with Crippen LogP contribution in [0, 0.1) is 13.8 Å². The molecular formula is C22H16BrClN2O2. The van der Waals surface area contributed by atoms with E-state index >= 15 is 0 Å². The van der Waals surface area contributed by atoms with E-state index in [0.29, 0.717) is 33.3 Å². The SMILES string of the molecule is Cc1ccc(-c2nc3cc(NC(=O)c4cc(Br)ccc4Cl)ccc3o2)cc1C. The van der Waals surface area contributed by atoms with Gasteiger partial charge in [-0.25, -0.2) is 4.98 Å². The minimum atomic E-state index is -0.288. The van der Waals surface area contributed by atoms with Gasteiger partial charge in [0.2, 0.25) is 5.89 Å². The van der Waals surface area contributed by atoms with E-state index in [1.165, 1.54) is 11.1 Å². The number of nitrogens with one attached hydrogen (secondary N) is 1. The second-order valence-electron chi connectivity index (χ2n) is 6.58. The lowest BCUT2D eigenvalue weighted by molar-refractivity contribution is 0.102. The molecule has 0 saturated heterocycles. The smallest absolute Gasteiger partial charge is 0.257 e. The molecular weight excluding hydrogens is 440 g/mol. The maximum absolute atomic E-state index is 12.6. The first kappa shape index (κ1) is 18.7. The Kier molecular flexibility index (Phi) is 4.96. The summed E-state index contributed by atoms with van der Waals surface area (Å²) in [4.78, 5) is 17.1. The fraction of sp³-hybridized carbons (Fsp3) is 0.0909. The predicted molar refractivity (Wildman–Crippen MR) is 116 cm³/mol. The lowest BCUT2D eigenvalue weighted by Gasteiger charge is -2.07. The van der Waals surface area contributed by atoms with Crippen molar-refractivity contribution < 1.29 is 9.21 Å². The van der Waals surface area contributed by atoms with Gasteiger partial charge in [0.25, 0.3) is 5.91 Å². The molecule has 0 saturated carbocycles. The summed E-state index contributed by atoms with van der Waals surface area (Å²) in [5.74, 6) is 0.264. The van der Waals surface area contributed by atoms with Crippen LogP contribution in [0.1, 0.15) is 21.5 Å². The molecule has 0 aliphatic carbocycles. The summed E-state index contributed by atoms with van der Waals surface area (Å²) in [7, 11) is 0. The van der Waals surface area contributed by atoms with Crippen molar-refractivity contribution in [2.24, 2.45) is 0 Å². The Labute approximate surface area is 175 Å². The van der Waals surface area contributed by atoms with E-state index in [1.54, 1.807) is 36.4 Å². The fourth-order valence-electron chi connectivity index (χ4n) is 2.87. The lowest BCUT2D eigenvalue weighted by atomic mass is 10.1. The van der Waals surface area contributed by atoms with Crippen LogP contribution in [0.15, 0.2) is 63.5 Å². The van der Waals surface area contributed by atoms with Gasteiger partial charge in [-0.15, -0.1) is 0 Å². The number of benzene rings is 3. The Morgan fingerprint density at radius 3 is 2.64 bits per heavy atom. The number of aryl methyl sites for hydroxylation is 2. The summed E-state index contributed by atoms with van der Waals surface area (Å²) in [5.41, 5.74) is 5.67. The molecule has 1 aromatic heterocycles. The molecule has 0 aliphatic heterocycles. The minimum Gasteiger partial charge on any atom is -0.436 e. The number of amides is 1. The van der Waals surface area contributed by atoms with E-state index in [4.69, 9.17) is 16.0 Å². The Bertz CT molecular complexity index is 1220. The number of hydrogen-bond donors (Lipinski definition) is 1. The van der Waals surface area contributed by atoms with Gasteiger partial charge in [0, 0.05) is 15.7 Å². The Morgan fingerprint density at radius 2 is 1.86 bits per heavy atom. The average Bonchev–Trinajstić information content (AvgIpc) is 3.09. The molecule has 0 unspecified atom stereocenters. The van der Waals surface area contributed by atoms with Crippen LogP contribution >= 0.6 is 27.5 Å². The van der Waals surface area contributed by atoms with Crippen LogP contribution < -0.4 is 5.32 Å². The molecule has 1 amide bonds. The highest BCUT2D eigenvalue weighted by Crippen LogP contribution is 2.28. The largest absolute Gasteiger partial charge is 0.436 e. The van der Waals surface area contributed by atoms with Gasteiger partial charge in [0.05, 0.1) is 10.6 Å². The van der Waals surface area contributed by atoms with Crippen molar-refractivity contribution >= 4 is 50.2 Å². The molecule has 0 fully saturated rings. The Hall–Kier alpha value is -2.63. The summed E-state index contributed by atoms with van der Waals surface area (Å²) in [6.07, 6.45) is 0. The third-order valence-corrected chi connectivity index (χ3v) is 5.40. The van der Waals surface area contributed by atoms with Crippen LogP contribution in [0.4, 0.5) is 5.69 Å². The number of rotatable bonds is 3. The van der Waals surface area contributed by atoms with Gasteiger partial charge < -0.3 is 9.73 Å². The number of aromatic nitrogens is 1. The van der Waals surface area contributed by atoms with Gasteiger partial charge in [-0.3, -0.25) is 4.79 Å². The van der Waals surface area contributed by atoms with Crippen molar-refractivity contribution in [3.8, 4) is 11.5 Å². The normalized spacial score (nSPS) is 11.0. The van der Waals surface area contributed by atoms with Crippen molar-refractivity contribution in [2.75, 3.05) is 5.32 Å². The molecule has 28 heavy (non-hydrogen) atoms. The van der Waals surface area contributed by atoms with Crippen molar-refractivity contribution in [3.63, 3.8) is 0 Å². The maximum Gasteiger partial charge on any atom is 0.257 e. The van der Waals surface area contributed by atoms with E-state index in [-0.39, 0.29) is 5.91 Å². The average molecular weight is 456 g/mol. The molecule has 0 aliphatic rings. The van der Waals surface area contributed by atoms with E-state index in [1.807, 2.05) is 12.1 Å². The molecule has 4 rings (SSSR count). The van der Waals surface area contributed by atoms with Gasteiger partial charge in [0.1, 0.15) is 5.52 Å². The third-order valence-electron chi connectivity index (χ3n) is 4.57. The molecule has 0 bridgehead atoms. The summed E-state index contributed by atoms with van der Waals surface area (Å²) >= 11 is 9.49. The van der Waals surface area contributed by atoms with Crippen molar-refractivity contribution in [2.45, 2.75) is 13.8 Å². The van der Waals surface area contributed by atoms with Gasteiger partial charge in [-0.05, 0) is 73.5 Å². The first-order chi connectivity index (χ1) is 13.4. The van der Waals surface area contributed by atoms with E-state index < -0.39 is 0 Å². The molecule has 4 aromatic rings. The number of oxazole rings is 1. The van der Waals surface area contributed by atoms with Crippen LogP contribution in [0.25, 0.3) is 22.6 Å². The van der Waals surface area contributed by atoms with E-state index in [0.717, 1.165) is 10.0 Å². The molecule has 0 radical (unpaired) electrons. The molecule has 1 heterocycles. The number of hydrogen-bond acceptors (Lipinski definition) is 3. The number of halogens is 2. The quantitative estimate of drug-likeness (QED) is 0.370. The molecule has 1 N–H and O–H groups in total. The van der Waals surface area contributed by atoms with Gasteiger partial charge >= 0.3 is 0 Å². The maximum atomic E-state index is 12.6. The van der Waals surface area contributed by atoms with E-state index in [2.05, 4.69) is 46.1 Å². The molecule has 0 atom stereocenters. The van der Waals surface area contributed by atoms with Crippen molar-refractivity contribution in [1.82, 2.24) is 4.98 Å². The van der Waals surface area contributed by atoms with Crippen molar-refractivity contribution in [3.05, 3.63) is 80.8 Å². The first-order valence-corrected chi connectivity index (χ1v) is 9.82. The summed E-state index contributed by atoms with van der Waals surface area (Å²) in [6, 6.07) is 16.6.